The minimum Gasteiger partial charge on any atom is -0.390 e. The molecule has 106 valence electrons. The van der Waals surface area contributed by atoms with E-state index in [4.69, 9.17) is 0 Å². The van der Waals surface area contributed by atoms with Gasteiger partial charge in [-0.05, 0) is 40.9 Å². The highest BCUT2D eigenvalue weighted by Gasteiger charge is 2.37. The summed E-state index contributed by atoms with van der Waals surface area (Å²) >= 11 is 2.99. The Kier molecular flexibility index (Phi) is 4.58. The van der Waals surface area contributed by atoms with E-state index >= 15 is 0 Å². The molecule has 0 aromatic heterocycles. The van der Waals surface area contributed by atoms with E-state index in [1.54, 1.807) is 0 Å². The third kappa shape index (κ3) is 3.15. The molecule has 0 radical (unpaired) electrons. The Labute approximate surface area is 119 Å². The molecule has 1 aliphatic carbocycles. The predicted molar refractivity (Wildman–Crippen MR) is 71.8 cm³/mol. The van der Waals surface area contributed by atoms with Crippen molar-refractivity contribution in [2.45, 2.75) is 50.2 Å². The molecule has 0 spiro atoms. The average Bonchev–Trinajstić information content (AvgIpc) is 2.40. The standard InChI is InChI=1S/C14H17BrF2O2/c15-10-4-5-11(16)9(13(10)17)8-12(18)14(19)6-2-1-3-7-14/h4-5,12,18-19H,1-3,6-8H2. The largest absolute Gasteiger partial charge is 0.390 e. The summed E-state index contributed by atoms with van der Waals surface area (Å²) < 4.78 is 27.6. The third-order valence-electron chi connectivity index (χ3n) is 3.88. The lowest BCUT2D eigenvalue weighted by molar-refractivity contribution is -0.0965. The highest BCUT2D eigenvalue weighted by Crippen LogP contribution is 2.33. The zero-order valence-corrected chi connectivity index (χ0v) is 12.1. The molecule has 1 aromatic carbocycles. The fraction of sp³-hybridized carbons (Fsp3) is 0.571. The number of hydrogen-bond donors (Lipinski definition) is 2. The molecule has 0 bridgehead atoms. The maximum absolute atomic E-state index is 13.8. The van der Waals surface area contributed by atoms with Crippen molar-refractivity contribution in [3.05, 3.63) is 33.8 Å². The maximum atomic E-state index is 13.8. The summed E-state index contributed by atoms with van der Waals surface area (Å²) in [4.78, 5) is 0. The lowest BCUT2D eigenvalue weighted by atomic mass is 9.79. The second kappa shape index (κ2) is 5.85. The van der Waals surface area contributed by atoms with Gasteiger partial charge in [0.25, 0.3) is 0 Å². The van der Waals surface area contributed by atoms with Gasteiger partial charge in [-0.25, -0.2) is 8.78 Å². The quantitative estimate of drug-likeness (QED) is 0.832. The molecule has 1 aliphatic rings. The number of aliphatic hydroxyl groups excluding tert-OH is 1. The average molecular weight is 335 g/mol. The van der Waals surface area contributed by atoms with Crippen LogP contribution in [0.3, 0.4) is 0 Å². The highest BCUT2D eigenvalue weighted by molar-refractivity contribution is 9.10. The molecule has 0 aliphatic heterocycles. The van der Waals surface area contributed by atoms with Crippen LogP contribution in [0.1, 0.15) is 37.7 Å². The minimum absolute atomic E-state index is 0.159. The normalized spacial score (nSPS) is 20.3. The molecule has 2 nitrogen and oxygen atoms in total. The number of aliphatic hydroxyl groups is 2. The summed E-state index contributed by atoms with van der Waals surface area (Å²) in [5, 5.41) is 20.5. The summed E-state index contributed by atoms with van der Waals surface area (Å²) in [7, 11) is 0. The Balaban J connectivity index is 2.19. The molecule has 1 unspecified atom stereocenters. The zero-order chi connectivity index (χ0) is 14.0. The SMILES string of the molecule is OC(Cc1c(F)ccc(Br)c1F)C1(O)CCCCC1. The van der Waals surface area contributed by atoms with E-state index in [0.717, 1.165) is 25.3 Å². The van der Waals surface area contributed by atoms with Gasteiger partial charge in [-0.1, -0.05) is 19.3 Å². The number of hydrogen-bond acceptors (Lipinski definition) is 2. The van der Waals surface area contributed by atoms with Crippen LogP contribution in [-0.4, -0.2) is 21.9 Å². The van der Waals surface area contributed by atoms with Crippen LogP contribution in [-0.2, 0) is 6.42 Å². The smallest absolute Gasteiger partial charge is 0.143 e. The van der Waals surface area contributed by atoms with Gasteiger partial charge in [0, 0.05) is 12.0 Å². The van der Waals surface area contributed by atoms with Crippen molar-refractivity contribution >= 4 is 15.9 Å². The summed E-state index contributed by atoms with van der Waals surface area (Å²) in [6.45, 7) is 0. The fourth-order valence-corrected chi connectivity index (χ4v) is 3.01. The van der Waals surface area contributed by atoms with Crippen LogP contribution >= 0.6 is 15.9 Å². The van der Waals surface area contributed by atoms with Gasteiger partial charge in [0.1, 0.15) is 11.6 Å². The van der Waals surface area contributed by atoms with Crippen LogP contribution in [0.15, 0.2) is 16.6 Å². The Morgan fingerprint density at radius 2 is 1.84 bits per heavy atom. The van der Waals surface area contributed by atoms with Crippen molar-refractivity contribution in [1.82, 2.24) is 0 Å². The molecular weight excluding hydrogens is 318 g/mol. The number of rotatable bonds is 3. The predicted octanol–water partition coefficient (Wildman–Crippen LogP) is 3.33. The first-order chi connectivity index (χ1) is 8.94. The Bertz CT molecular complexity index is 459. The zero-order valence-electron chi connectivity index (χ0n) is 10.5. The molecule has 0 saturated heterocycles. The summed E-state index contributed by atoms with van der Waals surface area (Å²) in [6.07, 6.45) is 2.28. The van der Waals surface area contributed by atoms with Crippen LogP contribution in [0.2, 0.25) is 0 Å². The number of halogens is 3. The van der Waals surface area contributed by atoms with E-state index in [1.807, 2.05) is 0 Å². The minimum atomic E-state index is -1.22. The van der Waals surface area contributed by atoms with Crippen molar-refractivity contribution in [3.63, 3.8) is 0 Å². The molecule has 0 amide bonds. The number of benzene rings is 1. The van der Waals surface area contributed by atoms with E-state index in [-0.39, 0.29) is 16.5 Å². The van der Waals surface area contributed by atoms with E-state index in [9.17, 15) is 19.0 Å². The van der Waals surface area contributed by atoms with Crippen LogP contribution in [0.5, 0.6) is 0 Å². The first kappa shape index (κ1) is 14.9. The second-order valence-electron chi connectivity index (χ2n) is 5.21. The van der Waals surface area contributed by atoms with E-state index in [1.165, 1.54) is 6.07 Å². The van der Waals surface area contributed by atoms with Crippen molar-refractivity contribution in [2.75, 3.05) is 0 Å². The molecule has 2 rings (SSSR count). The van der Waals surface area contributed by atoms with Gasteiger partial charge in [0.15, 0.2) is 0 Å². The first-order valence-electron chi connectivity index (χ1n) is 6.47. The Morgan fingerprint density at radius 3 is 2.47 bits per heavy atom. The van der Waals surface area contributed by atoms with Gasteiger partial charge in [-0.15, -0.1) is 0 Å². The molecule has 1 atom stereocenters. The van der Waals surface area contributed by atoms with Gasteiger partial charge >= 0.3 is 0 Å². The molecule has 1 fully saturated rings. The van der Waals surface area contributed by atoms with Crippen molar-refractivity contribution in [3.8, 4) is 0 Å². The van der Waals surface area contributed by atoms with E-state index in [0.29, 0.717) is 12.8 Å². The van der Waals surface area contributed by atoms with Crippen molar-refractivity contribution in [1.29, 1.82) is 0 Å². The summed E-state index contributed by atoms with van der Waals surface area (Å²) in [6, 6.07) is 2.44. The first-order valence-corrected chi connectivity index (χ1v) is 7.26. The second-order valence-corrected chi connectivity index (χ2v) is 6.06. The molecule has 5 heteroatoms. The fourth-order valence-electron chi connectivity index (χ4n) is 2.64. The highest BCUT2D eigenvalue weighted by atomic mass is 79.9. The maximum Gasteiger partial charge on any atom is 0.143 e. The lowest BCUT2D eigenvalue weighted by Crippen LogP contribution is -2.45. The molecule has 19 heavy (non-hydrogen) atoms. The van der Waals surface area contributed by atoms with Crippen LogP contribution in [0.4, 0.5) is 8.78 Å². The lowest BCUT2D eigenvalue weighted by Gasteiger charge is -2.36. The van der Waals surface area contributed by atoms with E-state index < -0.39 is 23.3 Å². The Hall–Kier alpha value is -0.520. The van der Waals surface area contributed by atoms with Crippen LogP contribution in [0.25, 0.3) is 0 Å². The van der Waals surface area contributed by atoms with Crippen LogP contribution < -0.4 is 0 Å². The summed E-state index contributed by atoms with van der Waals surface area (Å²) in [5.74, 6) is -1.40. The van der Waals surface area contributed by atoms with E-state index in [2.05, 4.69) is 15.9 Å². The molecule has 1 saturated carbocycles. The van der Waals surface area contributed by atoms with Gasteiger partial charge in [-0.2, -0.15) is 0 Å². The molecule has 0 heterocycles. The van der Waals surface area contributed by atoms with Crippen molar-refractivity contribution in [2.24, 2.45) is 0 Å². The van der Waals surface area contributed by atoms with Gasteiger partial charge in [-0.3, -0.25) is 0 Å². The van der Waals surface area contributed by atoms with Gasteiger partial charge in [0.05, 0.1) is 16.2 Å². The molecule has 2 N–H and O–H groups in total. The topological polar surface area (TPSA) is 40.5 Å². The third-order valence-corrected chi connectivity index (χ3v) is 4.49. The molecule has 1 aromatic rings. The molecular formula is C14H17BrF2O2. The Morgan fingerprint density at radius 1 is 1.21 bits per heavy atom. The van der Waals surface area contributed by atoms with Crippen LogP contribution in [0, 0.1) is 11.6 Å². The van der Waals surface area contributed by atoms with Gasteiger partial charge < -0.3 is 10.2 Å². The van der Waals surface area contributed by atoms with Gasteiger partial charge in [0.2, 0.25) is 0 Å². The monoisotopic (exact) mass is 334 g/mol. The summed E-state index contributed by atoms with van der Waals surface area (Å²) in [5.41, 5.74) is -1.40. The van der Waals surface area contributed by atoms with Crippen molar-refractivity contribution < 1.29 is 19.0 Å².